The molecule has 0 saturated carbocycles. The Kier molecular flexibility index (Phi) is 4.36. The van der Waals surface area contributed by atoms with Gasteiger partial charge in [0.2, 0.25) is 0 Å². The molecule has 0 spiro atoms. The van der Waals surface area contributed by atoms with Gasteiger partial charge in [-0.3, -0.25) is 0 Å². The molecule has 0 heterocycles. The van der Waals surface area contributed by atoms with Crippen LogP contribution < -0.4 is 0 Å². The minimum Gasteiger partial charge on any atom is -0.410 e. The summed E-state index contributed by atoms with van der Waals surface area (Å²) >= 11 is 12.4. The Hall–Kier alpha value is -1.51. The Balaban J connectivity index is 2.73. The van der Waals surface area contributed by atoms with E-state index in [1.54, 1.807) is 18.2 Å². The van der Waals surface area contributed by atoms with Crippen molar-refractivity contribution in [1.29, 1.82) is 0 Å². The van der Waals surface area contributed by atoms with Crippen molar-refractivity contribution in [3.05, 3.63) is 68.2 Å². The molecule has 104 valence electrons. The van der Waals surface area contributed by atoms with Gasteiger partial charge in [0.1, 0.15) is 5.71 Å². The van der Waals surface area contributed by atoms with Crippen LogP contribution in [0.5, 0.6) is 0 Å². The molecular weight excluding hydrogens is 293 g/mol. The first-order valence-corrected chi connectivity index (χ1v) is 6.96. The summed E-state index contributed by atoms with van der Waals surface area (Å²) in [6.45, 7) is 5.98. The molecule has 2 aromatic rings. The number of nitrogens with zero attached hydrogens (tertiary/aromatic N) is 1. The topological polar surface area (TPSA) is 32.6 Å². The van der Waals surface area contributed by atoms with Gasteiger partial charge < -0.3 is 5.21 Å². The van der Waals surface area contributed by atoms with E-state index in [1.165, 1.54) is 0 Å². The van der Waals surface area contributed by atoms with E-state index in [0.29, 0.717) is 21.3 Å². The van der Waals surface area contributed by atoms with Gasteiger partial charge in [-0.15, -0.1) is 0 Å². The molecule has 0 aliphatic heterocycles. The van der Waals surface area contributed by atoms with Crippen LogP contribution in [0.1, 0.15) is 27.8 Å². The second kappa shape index (κ2) is 5.86. The summed E-state index contributed by atoms with van der Waals surface area (Å²) in [6.07, 6.45) is 0. The zero-order valence-corrected chi connectivity index (χ0v) is 13.0. The largest absolute Gasteiger partial charge is 0.410 e. The van der Waals surface area contributed by atoms with Crippen molar-refractivity contribution in [3.63, 3.8) is 0 Å². The lowest BCUT2D eigenvalue weighted by molar-refractivity contribution is 0.319. The van der Waals surface area contributed by atoms with Crippen LogP contribution in [0.2, 0.25) is 10.0 Å². The highest BCUT2D eigenvalue weighted by molar-refractivity contribution is 6.41. The molecule has 0 bridgehead atoms. The molecule has 0 aliphatic rings. The third-order valence-electron chi connectivity index (χ3n) is 3.21. The number of aryl methyl sites for hydroxylation is 3. The molecule has 2 rings (SSSR count). The fourth-order valence-electron chi connectivity index (χ4n) is 2.50. The van der Waals surface area contributed by atoms with Gasteiger partial charge in [0.15, 0.2) is 0 Å². The maximum Gasteiger partial charge on any atom is 0.120 e. The highest BCUT2D eigenvalue weighted by atomic mass is 35.5. The van der Waals surface area contributed by atoms with Crippen molar-refractivity contribution >= 4 is 28.9 Å². The molecule has 0 unspecified atom stereocenters. The van der Waals surface area contributed by atoms with E-state index in [1.807, 2.05) is 32.9 Å². The fourth-order valence-corrected chi connectivity index (χ4v) is 3.08. The monoisotopic (exact) mass is 307 g/mol. The van der Waals surface area contributed by atoms with Gasteiger partial charge in [-0.05, 0) is 44.0 Å². The van der Waals surface area contributed by atoms with Gasteiger partial charge in [0.25, 0.3) is 0 Å². The Morgan fingerprint density at radius 2 is 1.45 bits per heavy atom. The molecule has 0 amide bonds. The first kappa shape index (κ1) is 14.9. The van der Waals surface area contributed by atoms with Crippen molar-refractivity contribution in [1.82, 2.24) is 0 Å². The molecule has 0 aliphatic carbocycles. The van der Waals surface area contributed by atoms with Crippen LogP contribution in [0.15, 0.2) is 35.5 Å². The second-order valence-corrected chi connectivity index (χ2v) is 5.63. The van der Waals surface area contributed by atoms with E-state index >= 15 is 0 Å². The van der Waals surface area contributed by atoms with Gasteiger partial charge in [-0.25, -0.2) is 0 Å². The zero-order chi connectivity index (χ0) is 14.9. The first-order chi connectivity index (χ1) is 9.45. The predicted octanol–water partition coefficient (Wildman–Crippen LogP) is 5.15. The Morgan fingerprint density at radius 1 is 0.950 bits per heavy atom. The third kappa shape index (κ3) is 2.67. The predicted molar refractivity (Wildman–Crippen MR) is 84.5 cm³/mol. The van der Waals surface area contributed by atoms with Gasteiger partial charge in [-0.2, -0.15) is 0 Å². The van der Waals surface area contributed by atoms with E-state index in [4.69, 9.17) is 23.2 Å². The summed E-state index contributed by atoms with van der Waals surface area (Å²) in [5, 5.41) is 13.8. The SMILES string of the molecule is Cc1cc(C)c(/C(=N/O)c2c(Cl)cccc2Cl)c(C)c1. The summed E-state index contributed by atoms with van der Waals surface area (Å²) in [5.74, 6) is 0. The standard InChI is InChI=1S/C16H15Cl2NO/c1-9-7-10(2)14(11(3)8-9)16(19-20)15-12(17)5-4-6-13(15)18/h4-8,20H,1-3H3/b19-16-. The van der Waals surface area contributed by atoms with E-state index in [2.05, 4.69) is 5.16 Å². The average Bonchev–Trinajstić information content (AvgIpc) is 2.35. The van der Waals surface area contributed by atoms with Crippen molar-refractivity contribution in [3.8, 4) is 0 Å². The van der Waals surface area contributed by atoms with Crippen LogP contribution in [-0.2, 0) is 0 Å². The number of benzene rings is 2. The Morgan fingerprint density at radius 3 is 1.90 bits per heavy atom. The molecule has 1 N–H and O–H groups in total. The number of oxime groups is 1. The minimum absolute atomic E-state index is 0.399. The summed E-state index contributed by atoms with van der Waals surface area (Å²) in [7, 11) is 0. The lowest BCUT2D eigenvalue weighted by Gasteiger charge is -2.15. The maximum absolute atomic E-state index is 9.47. The van der Waals surface area contributed by atoms with Crippen molar-refractivity contribution in [2.24, 2.45) is 5.16 Å². The Labute approximate surface area is 128 Å². The van der Waals surface area contributed by atoms with Crippen molar-refractivity contribution in [2.75, 3.05) is 0 Å². The minimum atomic E-state index is 0.399. The maximum atomic E-state index is 9.47. The molecule has 2 aromatic carbocycles. The number of hydrogen-bond donors (Lipinski definition) is 1. The molecule has 0 aromatic heterocycles. The lowest BCUT2D eigenvalue weighted by Crippen LogP contribution is -2.10. The number of hydrogen-bond acceptors (Lipinski definition) is 2. The quantitative estimate of drug-likeness (QED) is 0.465. The van der Waals surface area contributed by atoms with E-state index in [-0.39, 0.29) is 0 Å². The number of rotatable bonds is 2. The highest BCUT2D eigenvalue weighted by Crippen LogP contribution is 2.30. The van der Waals surface area contributed by atoms with Crippen molar-refractivity contribution in [2.45, 2.75) is 20.8 Å². The van der Waals surface area contributed by atoms with Crippen LogP contribution in [-0.4, -0.2) is 10.9 Å². The van der Waals surface area contributed by atoms with Gasteiger partial charge >= 0.3 is 0 Å². The average molecular weight is 308 g/mol. The zero-order valence-electron chi connectivity index (χ0n) is 11.5. The van der Waals surface area contributed by atoms with Gasteiger partial charge in [-0.1, -0.05) is 52.1 Å². The van der Waals surface area contributed by atoms with E-state index in [0.717, 1.165) is 22.3 Å². The van der Waals surface area contributed by atoms with Crippen LogP contribution in [0, 0.1) is 20.8 Å². The summed E-state index contributed by atoms with van der Waals surface area (Å²) in [6, 6.07) is 9.30. The van der Waals surface area contributed by atoms with Crippen LogP contribution in [0.25, 0.3) is 0 Å². The summed E-state index contributed by atoms with van der Waals surface area (Å²) in [4.78, 5) is 0. The third-order valence-corrected chi connectivity index (χ3v) is 3.84. The fraction of sp³-hybridized carbons (Fsp3) is 0.188. The van der Waals surface area contributed by atoms with Gasteiger partial charge in [0.05, 0.1) is 10.0 Å². The Bertz CT molecular complexity index is 650. The molecule has 4 heteroatoms. The summed E-state index contributed by atoms with van der Waals surface area (Å²) in [5.41, 5.74) is 5.00. The van der Waals surface area contributed by atoms with Crippen LogP contribution in [0.3, 0.4) is 0 Å². The molecule has 20 heavy (non-hydrogen) atoms. The van der Waals surface area contributed by atoms with E-state index < -0.39 is 0 Å². The summed E-state index contributed by atoms with van der Waals surface area (Å²) < 4.78 is 0. The second-order valence-electron chi connectivity index (χ2n) is 4.82. The molecule has 0 radical (unpaired) electrons. The van der Waals surface area contributed by atoms with Crippen LogP contribution in [0.4, 0.5) is 0 Å². The van der Waals surface area contributed by atoms with Gasteiger partial charge in [0, 0.05) is 11.1 Å². The van der Waals surface area contributed by atoms with Crippen LogP contribution >= 0.6 is 23.2 Å². The normalized spacial score (nSPS) is 11.8. The molecular formula is C16H15Cl2NO. The molecule has 2 nitrogen and oxygen atoms in total. The van der Waals surface area contributed by atoms with Crippen molar-refractivity contribution < 1.29 is 5.21 Å². The lowest BCUT2D eigenvalue weighted by atomic mass is 9.92. The smallest absolute Gasteiger partial charge is 0.120 e. The highest BCUT2D eigenvalue weighted by Gasteiger charge is 2.19. The molecule has 0 atom stereocenters. The number of halogens is 2. The molecule has 0 fully saturated rings. The van der Waals surface area contributed by atoms with E-state index in [9.17, 15) is 5.21 Å². The molecule has 0 saturated heterocycles. The first-order valence-electron chi connectivity index (χ1n) is 6.20.